The minimum atomic E-state index is -0.175. The topological polar surface area (TPSA) is 49.3 Å². The van der Waals surface area contributed by atoms with E-state index in [4.69, 9.17) is 0 Å². The molecule has 0 spiro atoms. The van der Waals surface area contributed by atoms with Crippen LogP contribution in [0.2, 0.25) is 0 Å². The third-order valence-corrected chi connectivity index (χ3v) is 5.32. The number of aromatic hydroxyl groups is 1. The molecule has 0 aromatic heterocycles. The van der Waals surface area contributed by atoms with Gasteiger partial charge >= 0.3 is 0 Å². The van der Waals surface area contributed by atoms with E-state index in [-0.39, 0.29) is 11.7 Å². The van der Waals surface area contributed by atoms with Gasteiger partial charge in [0, 0.05) is 11.3 Å². The van der Waals surface area contributed by atoms with Crippen LogP contribution in [-0.4, -0.2) is 11.0 Å². The second-order valence-corrected chi connectivity index (χ2v) is 6.51. The molecule has 21 heavy (non-hydrogen) atoms. The van der Waals surface area contributed by atoms with Gasteiger partial charge in [0.1, 0.15) is 5.75 Å². The number of benzene rings is 2. The van der Waals surface area contributed by atoms with Gasteiger partial charge in [0.2, 0.25) is 0 Å². The van der Waals surface area contributed by atoms with Gasteiger partial charge in [0.05, 0.1) is 8.95 Å². The van der Waals surface area contributed by atoms with Crippen LogP contribution in [0.4, 0.5) is 5.69 Å². The molecule has 2 rings (SSSR count). The molecule has 0 saturated heterocycles. The molecule has 0 aliphatic rings. The monoisotopic (exact) mass is 411 g/mol. The van der Waals surface area contributed by atoms with E-state index < -0.39 is 0 Å². The van der Waals surface area contributed by atoms with Crippen LogP contribution in [0.25, 0.3) is 0 Å². The van der Waals surface area contributed by atoms with Gasteiger partial charge in [-0.2, -0.15) is 0 Å². The average molecular weight is 413 g/mol. The first-order valence-corrected chi connectivity index (χ1v) is 7.96. The number of hydrogen-bond acceptors (Lipinski definition) is 2. The van der Waals surface area contributed by atoms with Gasteiger partial charge in [0.15, 0.2) is 0 Å². The van der Waals surface area contributed by atoms with Crippen LogP contribution in [0.1, 0.15) is 27.0 Å². The molecular weight excluding hydrogens is 398 g/mol. The second kappa shape index (κ2) is 6.20. The Kier molecular flexibility index (Phi) is 4.74. The highest BCUT2D eigenvalue weighted by atomic mass is 79.9. The summed E-state index contributed by atoms with van der Waals surface area (Å²) in [6.45, 7) is 5.66. The second-order valence-electron chi connectivity index (χ2n) is 4.92. The summed E-state index contributed by atoms with van der Waals surface area (Å²) in [5.74, 6) is -0.0379. The van der Waals surface area contributed by atoms with E-state index in [0.29, 0.717) is 20.2 Å². The molecule has 2 N–H and O–H groups in total. The number of hydrogen-bond donors (Lipinski definition) is 2. The van der Waals surface area contributed by atoms with Gasteiger partial charge in [-0.05, 0) is 75.9 Å². The number of phenols is 1. The molecular formula is C16H15Br2NO2. The van der Waals surface area contributed by atoms with Crippen molar-refractivity contribution >= 4 is 43.5 Å². The van der Waals surface area contributed by atoms with Crippen LogP contribution in [-0.2, 0) is 0 Å². The molecule has 5 heteroatoms. The van der Waals surface area contributed by atoms with Gasteiger partial charge < -0.3 is 10.4 Å². The van der Waals surface area contributed by atoms with Crippen molar-refractivity contribution in [3.63, 3.8) is 0 Å². The molecule has 0 unspecified atom stereocenters. The predicted octanol–water partition coefficient (Wildman–Crippen LogP) is 5.09. The lowest BCUT2D eigenvalue weighted by Gasteiger charge is -2.16. The third kappa shape index (κ3) is 3.14. The zero-order valence-electron chi connectivity index (χ0n) is 11.9. The number of nitrogens with one attached hydrogen (secondary N) is 1. The van der Waals surface area contributed by atoms with Crippen molar-refractivity contribution in [2.75, 3.05) is 5.32 Å². The summed E-state index contributed by atoms with van der Waals surface area (Å²) in [5, 5.41) is 12.9. The molecule has 3 nitrogen and oxygen atoms in total. The lowest BCUT2D eigenvalue weighted by molar-refractivity contribution is 0.102. The van der Waals surface area contributed by atoms with Crippen molar-refractivity contribution in [3.05, 3.63) is 55.5 Å². The van der Waals surface area contributed by atoms with Gasteiger partial charge in [-0.15, -0.1) is 0 Å². The molecule has 0 aliphatic carbocycles. The Morgan fingerprint density at radius 2 is 1.48 bits per heavy atom. The van der Waals surface area contributed by atoms with E-state index in [1.165, 1.54) is 0 Å². The molecule has 0 radical (unpaired) electrons. The fraction of sp³-hybridized carbons (Fsp3) is 0.188. The van der Waals surface area contributed by atoms with Crippen LogP contribution >= 0.6 is 31.9 Å². The first-order valence-electron chi connectivity index (χ1n) is 6.38. The number of aryl methyl sites for hydroxylation is 1. The Hall–Kier alpha value is -1.33. The molecule has 0 fully saturated rings. The Morgan fingerprint density at radius 1 is 1.00 bits per heavy atom. The van der Waals surface area contributed by atoms with Gasteiger partial charge in [-0.3, -0.25) is 4.79 Å². The van der Waals surface area contributed by atoms with Gasteiger partial charge in [-0.25, -0.2) is 0 Å². The number of halogens is 2. The third-order valence-electron chi connectivity index (χ3n) is 3.38. The summed E-state index contributed by atoms with van der Waals surface area (Å²) in [6, 6.07) is 7.38. The normalized spacial score (nSPS) is 10.5. The summed E-state index contributed by atoms with van der Waals surface area (Å²) >= 11 is 6.68. The van der Waals surface area contributed by atoms with E-state index in [1.807, 2.05) is 32.9 Å². The summed E-state index contributed by atoms with van der Waals surface area (Å²) in [5.41, 5.74) is 3.97. The van der Waals surface area contributed by atoms with E-state index in [2.05, 4.69) is 37.2 Å². The van der Waals surface area contributed by atoms with Crippen molar-refractivity contribution < 1.29 is 9.90 Å². The Morgan fingerprint density at radius 3 is 1.95 bits per heavy atom. The summed E-state index contributed by atoms with van der Waals surface area (Å²) in [7, 11) is 0. The highest BCUT2D eigenvalue weighted by Gasteiger charge is 2.18. The van der Waals surface area contributed by atoms with Crippen molar-refractivity contribution in [2.24, 2.45) is 0 Å². The number of carbonyl (C=O) groups excluding carboxylic acids is 1. The predicted molar refractivity (Wildman–Crippen MR) is 92.1 cm³/mol. The Balaban J connectivity index is 2.40. The molecule has 2 aromatic carbocycles. The maximum atomic E-state index is 12.3. The highest BCUT2D eigenvalue weighted by Crippen LogP contribution is 2.42. The van der Waals surface area contributed by atoms with Crippen LogP contribution < -0.4 is 5.32 Å². The summed E-state index contributed by atoms with van der Waals surface area (Å²) in [6.07, 6.45) is 0. The lowest BCUT2D eigenvalue weighted by atomic mass is 10.1. The number of rotatable bonds is 2. The lowest BCUT2D eigenvalue weighted by Crippen LogP contribution is -2.14. The summed E-state index contributed by atoms with van der Waals surface area (Å²) in [4.78, 5) is 12.3. The first kappa shape index (κ1) is 16.0. The molecule has 0 saturated carbocycles. The zero-order valence-corrected chi connectivity index (χ0v) is 15.1. The largest absolute Gasteiger partial charge is 0.506 e. The Labute approximate surface area is 140 Å². The number of carbonyl (C=O) groups is 1. The maximum absolute atomic E-state index is 12.3. The average Bonchev–Trinajstić information content (AvgIpc) is 2.48. The van der Waals surface area contributed by atoms with Crippen LogP contribution in [0.3, 0.4) is 0 Å². The fourth-order valence-corrected chi connectivity index (χ4v) is 3.09. The van der Waals surface area contributed by atoms with Crippen molar-refractivity contribution in [1.29, 1.82) is 0 Å². The van der Waals surface area contributed by atoms with Crippen LogP contribution in [0, 0.1) is 20.8 Å². The molecule has 0 heterocycles. The molecule has 0 bridgehead atoms. The van der Waals surface area contributed by atoms with Crippen LogP contribution in [0.15, 0.2) is 33.2 Å². The molecule has 110 valence electrons. The molecule has 0 aliphatic heterocycles. The minimum Gasteiger partial charge on any atom is -0.506 e. The van der Waals surface area contributed by atoms with Crippen molar-refractivity contribution in [3.8, 4) is 5.75 Å². The van der Waals surface area contributed by atoms with E-state index in [1.54, 1.807) is 12.1 Å². The van der Waals surface area contributed by atoms with E-state index in [9.17, 15) is 9.90 Å². The van der Waals surface area contributed by atoms with E-state index >= 15 is 0 Å². The number of anilines is 1. The number of amides is 1. The van der Waals surface area contributed by atoms with Gasteiger partial charge in [0.25, 0.3) is 5.91 Å². The smallest absolute Gasteiger partial charge is 0.255 e. The van der Waals surface area contributed by atoms with Gasteiger partial charge in [-0.1, -0.05) is 17.7 Å². The highest BCUT2D eigenvalue weighted by molar-refractivity contribution is 9.11. The maximum Gasteiger partial charge on any atom is 0.255 e. The molecule has 1 amide bonds. The quantitative estimate of drug-likeness (QED) is 0.674. The molecule has 0 atom stereocenters. The SMILES string of the molecule is Cc1ccc(C(=O)Nc2c(C)c(Br)c(O)c(Br)c2C)cc1. The molecule has 2 aromatic rings. The standard InChI is InChI=1S/C16H15Br2NO2/c1-8-4-6-11(7-5-8)16(21)19-14-9(2)12(17)15(20)13(18)10(14)3/h4-7,20H,1-3H3,(H,19,21). The zero-order chi connectivity index (χ0) is 15.7. The van der Waals surface area contributed by atoms with E-state index in [0.717, 1.165) is 16.7 Å². The number of phenolic OH excluding ortho intramolecular Hbond substituents is 1. The summed E-state index contributed by atoms with van der Waals surface area (Å²) < 4.78 is 1.14. The first-order chi connectivity index (χ1) is 9.82. The fourth-order valence-electron chi connectivity index (χ4n) is 2.03. The van der Waals surface area contributed by atoms with Crippen molar-refractivity contribution in [2.45, 2.75) is 20.8 Å². The minimum absolute atomic E-state index is 0.137. The van der Waals surface area contributed by atoms with Crippen molar-refractivity contribution in [1.82, 2.24) is 0 Å². The Bertz CT molecular complexity index is 680. The van der Waals surface area contributed by atoms with Crippen LogP contribution in [0.5, 0.6) is 5.75 Å².